The lowest BCUT2D eigenvalue weighted by molar-refractivity contribution is -0.384. The molecule has 3 aromatic carbocycles. The predicted molar refractivity (Wildman–Crippen MR) is 122 cm³/mol. The first-order valence-corrected chi connectivity index (χ1v) is 10.9. The van der Waals surface area contributed by atoms with Crippen molar-refractivity contribution in [1.82, 2.24) is 0 Å². The molecule has 3 atom stereocenters. The highest BCUT2D eigenvalue weighted by molar-refractivity contribution is 5.65. The van der Waals surface area contributed by atoms with E-state index in [1.165, 1.54) is 18.2 Å². The molecule has 8 heteroatoms. The second kappa shape index (κ2) is 8.52. The monoisotopic (exact) mass is 466 g/mol. The van der Waals surface area contributed by atoms with Crippen molar-refractivity contribution < 1.29 is 22.8 Å². The molecular weight excluding hydrogens is 445 g/mol. The molecule has 1 heterocycles. The number of ether oxygens (including phenoxy) is 1. The van der Waals surface area contributed by atoms with Crippen LogP contribution >= 0.6 is 0 Å². The summed E-state index contributed by atoms with van der Waals surface area (Å²) in [5.74, 6) is 0.667. The summed E-state index contributed by atoms with van der Waals surface area (Å²) in [6.45, 7) is 0.246. The second-order valence-corrected chi connectivity index (χ2v) is 8.52. The maximum absolute atomic E-state index is 13.7. The Kier molecular flexibility index (Phi) is 5.51. The van der Waals surface area contributed by atoms with Gasteiger partial charge in [-0.3, -0.25) is 10.1 Å². The zero-order valence-electron chi connectivity index (χ0n) is 18.0. The Bertz CT molecular complexity index is 1240. The Hall–Kier alpha value is -3.81. The van der Waals surface area contributed by atoms with Crippen LogP contribution in [0.4, 0.5) is 24.5 Å². The van der Waals surface area contributed by atoms with E-state index in [9.17, 15) is 23.3 Å². The molecule has 0 unspecified atom stereocenters. The lowest BCUT2D eigenvalue weighted by atomic mass is 9.76. The fraction of sp³-hybridized carbons (Fsp3) is 0.231. The van der Waals surface area contributed by atoms with Gasteiger partial charge in [-0.2, -0.15) is 13.2 Å². The van der Waals surface area contributed by atoms with E-state index in [0.717, 1.165) is 23.6 Å². The highest BCUT2D eigenvalue weighted by Crippen LogP contribution is 2.52. The van der Waals surface area contributed by atoms with Gasteiger partial charge >= 0.3 is 6.18 Å². The number of nitro benzene ring substituents is 1. The van der Waals surface area contributed by atoms with Gasteiger partial charge in [0, 0.05) is 18.1 Å². The lowest BCUT2D eigenvalue weighted by Gasteiger charge is -2.38. The van der Waals surface area contributed by atoms with Crippen molar-refractivity contribution in [3.8, 4) is 5.75 Å². The van der Waals surface area contributed by atoms with Crippen molar-refractivity contribution in [1.29, 1.82) is 0 Å². The topological polar surface area (TPSA) is 64.4 Å². The highest BCUT2D eigenvalue weighted by Gasteiger charge is 2.42. The standard InChI is InChI=1S/C26H21F3N2O3/c27-26(28,29)23-6-2-5-22-20-3-1-4-21(20)24(30-25(22)23)17-9-13-19(14-10-17)34-15-16-7-11-18(12-8-16)31(32)33/h1-3,5-14,20-21,24,30H,4,15H2/t20-,21+,24+/m1/s1. The number of nitrogens with one attached hydrogen (secondary N) is 1. The van der Waals surface area contributed by atoms with Crippen LogP contribution in [0.1, 0.15) is 40.6 Å². The van der Waals surface area contributed by atoms with Gasteiger partial charge in [0.25, 0.3) is 5.69 Å². The summed E-state index contributed by atoms with van der Waals surface area (Å²) < 4.78 is 46.8. The molecule has 0 aromatic heterocycles. The fourth-order valence-corrected chi connectivity index (χ4v) is 4.84. The van der Waals surface area contributed by atoms with Gasteiger partial charge in [-0.05, 0) is 59.4 Å². The van der Waals surface area contributed by atoms with E-state index in [-0.39, 0.29) is 35.9 Å². The zero-order chi connectivity index (χ0) is 23.9. The van der Waals surface area contributed by atoms with Gasteiger partial charge in [0.15, 0.2) is 0 Å². The second-order valence-electron chi connectivity index (χ2n) is 8.52. The van der Waals surface area contributed by atoms with Crippen molar-refractivity contribution in [3.05, 3.63) is 111 Å². The quantitative estimate of drug-likeness (QED) is 0.249. The normalized spacial score (nSPS) is 20.9. The summed E-state index contributed by atoms with van der Waals surface area (Å²) in [6, 6.07) is 17.6. The lowest BCUT2D eigenvalue weighted by Crippen LogP contribution is -2.30. The van der Waals surface area contributed by atoms with Crippen LogP contribution in [-0.4, -0.2) is 4.92 Å². The summed E-state index contributed by atoms with van der Waals surface area (Å²) in [5.41, 5.74) is 1.91. The summed E-state index contributed by atoms with van der Waals surface area (Å²) in [5, 5.41) is 14.0. The average molecular weight is 466 g/mol. The Labute approximate surface area is 194 Å². The van der Waals surface area contributed by atoms with Gasteiger partial charge in [-0.25, -0.2) is 0 Å². The van der Waals surface area contributed by atoms with Crippen molar-refractivity contribution >= 4 is 11.4 Å². The number of hydrogen-bond acceptors (Lipinski definition) is 4. The van der Waals surface area contributed by atoms with Crippen LogP contribution in [0.5, 0.6) is 5.75 Å². The number of nitro groups is 1. The van der Waals surface area contributed by atoms with E-state index in [4.69, 9.17) is 4.74 Å². The fourth-order valence-electron chi connectivity index (χ4n) is 4.84. The molecule has 174 valence electrons. The molecule has 1 aliphatic heterocycles. The first kappa shape index (κ1) is 22.0. The van der Waals surface area contributed by atoms with Crippen LogP contribution < -0.4 is 10.1 Å². The summed E-state index contributed by atoms with van der Waals surface area (Å²) >= 11 is 0. The largest absolute Gasteiger partial charge is 0.489 e. The third-order valence-corrected chi connectivity index (χ3v) is 6.49. The first-order valence-electron chi connectivity index (χ1n) is 10.9. The van der Waals surface area contributed by atoms with E-state index in [2.05, 4.69) is 5.32 Å². The molecule has 0 radical (unpaired) electrons. The number of allylic oxidation sites excluding steroid dienone is 2. The summed E-state index contributed by atoms with van der Waals surface area (Å²) in [7, 11) is 0. The Morgan fingerprint density at radius 2 is 1.76 bits per heavy atom. The molecule has 1 N–H and O–H groups in total. The molecule has 5 rings (SSSR count). The maximum Gasteiger partial charge on any atom is 0.418 e. The molecule has 0 spiro atoms. The minimum absolute atomic E-state index is 0.0167. The number of hydrogen-bond donors (Lipinski definition) is 1. The minimum atomic E-state index is -4.44. The van der Waals surface area contributed by atoms with Gasteiger partial charge < -0.3 is 10.1 Å². The van der Waals surface area contributed by atoms with Gasteiger partial charge in [0.1, 0.15) is 12.4 Å². The van der Waals surface area contributed by atoms with Gasteiger partial charge in [-0.15, -0.1) is 0 Å². The van der Waals surface area contributed by atoms with Crippen molar-refractivity contribution in [2.24, 2.45) is 5.92 Å². The number of nitrogens with zero attached hydrogens (tertiary/aromatic N) is 1. The van der Waals surface area contributed by atoms with E-state index < -0.39 is 16.7 Å². The molecule has 0 amide bonds. The number of non-ortho nitro benzene ring substituents is 1. The molecule has 0 bridgehead atoms. The van der Waals surface area contributed by atoms with Crippen LogP contribution in [0.15, 0.2) is 78.9 Å². The number of fused-ring (bicyclic) bond motifs is 3. The minimum Gasteiger partial charge on any atom is -0.489 e. The van der Waals surface area contributed by atoms with Crippen LogP contribution in [0.25, 0.3) is 0 Å². The van der Waals surface area contributed by atoms with Crippen molar-refractivity contribution in [3.63, 3.8) is 0 Å². The Balaban J connectivity index is 1.35. The molecule has 2 aliphatic rings. The smallest absolute Gasteiger partial charge is 0.418 e. The summed E-state index contributed by atoms with van der Waals surface area (Å²) in [6.07, 6.45) is 0.407. The number of halogens is 3. The molecule has 1 aliphatic carbocycles. The highest BCUT2D eigenvalue weighted by atomic mass is 19.4. The number of alkyl halides is 3. The van der Waals surface area contributed by atoms with Crippen molar-refractivity contribution in [2.75, 3.05) is 5.32 Å². The van der Waals surface area contributed by atoms with Crippen LogP contribution in [0.2, 0.25) is 0 Å². The predicted octanol–water partition coefficient (Wildman–Crippen LogP) is 7.02. The van der Waals surface area contributed by atoms with E-state index in [1.807, 2.05) is 24.3 Å². The van der Waals surface area contributed by atoms with E-state index in [0.29, 0.717) is 11.3 Å². The molecule has 3 aromatic rings. The third kappa shape index (κ3) is 4.11. The van der Waals surface area contributed by atoms with Gasteiger partial charge in [0.05, 0.1) is 22.2 Å². The molecule has 0 saturated carbocycles. The van der Waals surface area contributed by atoms with Crippen LogP contribution in [0.3, 0.4) is 0 Å². The number of benzene rings is 3. The molecule has 5 nitrogen and oxygen atoms in total. The molecule has 0 fully saturated rings. The van der Waals surface area contributed by atoms with Gasteiger partial charge in [-0.1, -0.05) is 36.4 Å². The Morgan fingerprint density at radius 1 is 1.03 bits per heavy atom. The van der Waals surface area contributed by atoms with E-state index in [1.54, 1.807) is 30.3 Å². The van der Waals surface area contributed by atoms with Crippen LogP contribution in [-0.2, 0) is 12.8 Å². The maximum atomic E-state index is 13.7. The first-order chi connectivity index (χ1) is 16.3. The summed E-state index contributed by atoms with van der Waals surface area (Å²) in [4.78, 5) is 10.3. The number of anilines is 1. The molecule has 0 saturated heterocycles. The third-order valence-electron chi connectivity index (χ3n) is 6.49. The SMILES string of the molecule is O=[N+]([O-])c1ccc(COc2ccc([C@@H]3Nc4c(cccc4C(F)(F)F)[C@@H]4C=CC[C@@H]43)cc2)cc1. The van der Waals surface area contributed by atoms with E-state index >= 15 is 0 Å². The average Bonchev–Trinajstić information content (AvgIpc) is 3.32. The van der Waals surface area contributed by atoms with Gasteiger partial charge in [0.2, 0.25) is 0 Å². The number of para-hydroxylation sites is 1. The number of rotatable bonds is 5. The van der Waals surface area contributed by atoms with Crippen LogP contribution in [0, 0.1) is 16.0 Å². The molecule has 34 heavy (non-hydrogen) atoms. The van der Waals surface area contributed by atoms with Crippen molar-refractivity contribution in [2.45, 2.75) is 31.2 Å². The Morgan fingerprint density at radius 3 is 2.44 bits per heavy atom. The zero-order valence-corrected chi connectivity index (χ0v) is 18.0. The molecular formula is C26H21F3N2O3.